The quantitative estimate of drug-likeness (QED) is 0.818. The summed E-state index contributed by atoms with van der Waals surface area (Å²) in [7, 11) is 0. The average molecular weight is 208 g/mol. The van der Waals surface area contributed by atoms with Gasteiger partial charge in [-0.1, -0.05) is 6.92 Å². The molecule has 1 aromatic rings. The lowest BCUT2D eigenvalue weighted by Crippen LogP contribution is -2.27. The molecule has 15 heavy (non-hydrogen) atoms. The van der Waals surface area contributed by atoms with Crippen LogP contribution in [0.4, 0.5) is 0 Å². The van der Waals surface area contributed by atoms with Gasteiger partial charge in [-0.05, 0) is 19.3 Å². The molecule has 0 spiro atoms. The molecule has 1 aliphatic heterocycles. The molecule has 0 aromatic carbocycles. The average Bonchev–Trinajstić information content (AvgIpc) is 2.61. The maximum atomic E-state index is 10.9. The normalized spacial score (nSPS) is 19.9. The lowest BCUT2D eigenvalue weighted by molar-refractivity contribution is -0.142. The Hall–Kier alpha value is -1.32. The molecular weight excluding hydrogens is 192 g/mol. The van der Waals surface area contributed by atoms with Crippen LogP contribution in [0.1, 0.15) is 31.3 Å². The number of nitrogens with zero attached hydrogens (tertiary/aromatic N) is 2. The summed E-state index contributed by atoms with van der Waals surface area (Å²) < 4.78 is 2.09. The van der Waals surface area contributed by atoms with E-state index in [1.165, 1.54) is 5.69 Å². The number of aromatic nitrogens is 2. The fraction of sp³-hybridized carbons (Fsp3) is 0.636. The monoisotopic (exact) mass is 208 g/mol. The summed E-state index contributed by atoms with van der Waals surface area (Å²) >= 11 is 0. The largest absolute Gasteiger partial charge is 0.481 e. The summed E-state index contributed by atoms with van der Waals surface area (Å²) in [5.41, 5.74) is 1.19. The Bertz CT molecular complexity index is 371. The number of hydrogen-bond acceptors (Lipinski definition) is 2. The summed E-state index contributed by atoms with van der Waals surface area (Å²) in [6, 6.07) is 0. The molecule has 1 N–H and O–H groups in total. The molecule has 0 radical (unpaired) electrons. The van der Waals surface area contributed by atoms with Crippen LogP contribution < -0.4 is 0 Å². The smallest absolute Gasteiger partial charge is 0.308 e. The summed E-state index contributed by atoms with van der Waals surface area (Å²) in [5, 5.41) is 8.99. The van der Waals surface area contributed by atoms with E-state index < -0.39 is 5.97 Å². The zero-order valence-corrected chi connectivity index (χ0v) is 8.94. The van der Waals surface area contributed by atoms with E-state index >= 15 is 0 Å². The number of aryl methyl sites for hydroxylation is 2. The molecule has 1 aromatic heterocycles. The molecule has 1 aliphatic rings. The van der Waals surface area contributed by atoms with Crippen molar-refractivity contribution in [2.45, 2.75) is 39.2 Å². The van der Waals surface area contributed by atoms with Crippen LogP contribution in [0.25, 0.3) is 0 Å². The predicted octanol–water partition coefficient (Wildman–Crippen LogP) is 1.48. The van der Waals surface area contributed by atoms with Crippen molar-refractivity contribution in [3.8, 4) is 0 Å². The van der Waals surface area contributed by atoms with Crippen LogP contribution in [0.2, 0.25) is 0 Å². The van der Waals surface area contributed by atoms with Crippen LogP contribution in [-0.2, 0) is 24.2 Å². The molecule has 1 unspecified atom stereocenters. The van der Waals surface area contributed by atoms with Crippen LogP contribution in [0.15, 0.2) is 6.20 Å². The van der Waals surface area contributed by atoms with Gasteiger partial charge in [-0.15, -0.1) is 0 Å². The van der Waals surface area contributed by atoms with Crippen LogP contribution in [0.5, 0.6) is 0 Å². The van der Waals surface area contributed by atoms with Crippen molar-refractivity contribution < 1.29 is 9.90 Å². The second-order valence-electron chi connectivity index (χ2n) is 4.10. The Kier molecular flexibility index (Phi) is 2.75. The first-order valence-corrected chi connectivity index (χ1v) is 5.48. The van der Waals surface area contributed by atoms with E-state index in [4.69, 9.17) is 5.11 Å². The second kappa shape index (κ2) is 4.04. The number of carbonyl (C=O) groups is 1. The molecule has 4 nitrogen and oxygen atoms in total. The Morgan fingerprint density at radius 3 is 3.20 bits per heavy atom. The predicted molar refractivity (Wildman–Crippen MR) is 55.7 cm³/mol. The zero-order valence-electron chi connectivity index (χ0n) is 8.94. The molecule has 0 saturated carbocycles. The topological polar surface area (TPSA) is 55.1 Å². The first-order valence-electron chi connectivity index (χ1n) is 5.48. The van der Waals surface area contributed by atoms with Gasteiger partial charge in [0.15, 0.2) is 0 Å². The Balaban J connectivity index is 2.22. The van der Waals surface area contributed by atoms with Gasteiger partial charge in [0.2, 0.25) is 0 Å². The number of fused-ring (bicyclic) bond motifs is 1. The van der Waals surface area contributed by atoms with Crippen LogP contribution in [0.3, 0.4) is 0 Å². The van der Waals surface area contributed by atoms with Gasteiger partial charge in [0.25, 0.3) is 0 Å². The number of aliphatic carboxylic acids is 1. The number of hydrogen-bond donors (Lipinski definition) is 1. The van der Waals surface area contributed by atoms with Crippen molar-refractivity contribution in [3.63, 3.8) is 0 Å². The first kappa shape index (κ1) is 10.2. The van der Waals surface area contributed by atoms with E-state index in [1.807, 2.05) is 6.20 Å². The van der Waals surface area contributed by atoms with Gasteiger partial charge in [0, 0.05) is 24.9 Å². The lowest BCUT2D eigenvalue weighted by Gasteiger charge is -2.22. The Labute approximate surface area is 88.9 Å². The molecule has 0 bridgehead atoms. The van der Waals surface area contributed by atoms with Crippen molar-refractivity contribution in [3.05, 3.63) is 17.7 Å². The third-order valence-corrected chi connectivity index (χ3v) is 3.00. The molecular formula is C11H16N2O2. The van der Waals surface area contributed by atoms with Crippen molar-refractivity contribution in [2.24, 2.45) is 5.92 Å². The number of rotatable bonds is 3. The maximum Gasteiger partial charge on any atom is 0.308 e. The van der Waals surface area contributed by atoms with Crippen LogP contribution in [0, 0.1) is 5.92 Å². The van der Waals surface area contributed by atoms with E-state index in [-0.39, 0.29) is 5.92 Å². The van der Waals surface area contributed by atoms with Crippen molar-refractivity contribution in [1.29, 1.82) is 0 Å². The fourth-order valence-electron chi connectivity index (χ4n) is 2.13. The minimum absolute atomic E-state index is 0.234. The van der Waals surface area contributed by atoms with E-state index in [2.05, 4.69) is 16.5 Å². The van der Waals surface area contributed by atoms with Gasteiger partial charge >= 0.3 is 5.97 Å². The van der Waals surface area contributed by atoms with Gasteiger partial charge in [-0.25, -0.2) is 4.98 Å². The lowest BCUT2D eigenvalue weighted by atomic mass is 9.98. The highest BCUT2D eigenvalue weighted by molar-refractivity contribution is 5.70. The van der Waals surface area contributed by atoms with Crippen LogP contribution >= 0.6 is 0 Å². The number of imidazole rings is 1. The highest BCUT2D eigenvalue weighted by Crippen LogP contribution is 2.22. The molecule has 0 aliphatic carbocycles. The van der Waals surface area contributed by atoms with Crippen molar-refractivity contribution in [2.75, 3.05) is 0 Å². The summed E-state index contributed by atoms with van der Waals surface area (Å²) in [6.07, 6.45) is 5.46. The van der Waals surface area contributed by atoms with Gasteiger partial charge < -0.3 is 9.67 Å². The van der Waals surface area contributed by atoms with Gasteiger partial charge in [-0.3, -0.25) is 4.79 Å². The minimum Gasteiger partial charge on any atom is -0.481 e. The van der Waals surface area contributed by atoms with E-state index in [1.54, 1.807) is 0 Å². The second-order valence-corrected chi connectivity index (χ2v) is 4.10. The first-order chi connectivity index (χ1) is 7.22. The van der Waals surface area contributed by atoms with Crippen molar-refractivity contribution in [1.82, 2.24) is 9.55 Å². The van der Waals surface area contributed by atoms with Crippen molar-refractivity contribution >= 4 is 5.97 Å². The summed E-state index contributed by atoms with van der Waals surface area (Å²) in [5.74, 6) is 0.123. The summed E-state index contributed by atoms with van der Waals surface area (Å²) in [6.45, 7) is 2.71. The molecule has 2 heterocycles. The van der Waals surface area contributed by atoms with Gasteiger partial charge in [-0.2, -0.15) is 0 Å². The van der Waals surface area contributed by atoms with E-state index in [0.29, 0.717) is 6.54 Å². The van der Waals surface area contributed by atoms with Crippen LogP contribution in [-0.4, -0.2) is 20.6 Å². The molecule has 0 amide bonds. The molecule has 82 valence electrons. The summed E-state index contributed by atoms with van der Waals surface area (Å²) in [4.78, 5) is 15.3. The molecule has 0 fully saturated rings. The molecule has 4 heteroatoms. The molecule has 2 rings (SSSR count). The fourth-order valence-corrected chi connectivity index (χ4v) is 2.13. The highest BCUT2D eigenvalue weighted by atomic mass is 16.4. The Morgan fingerprint density at radius 1 is 1.73 bits per heavy atom. The standard InChI is InChI=1S/C11H16N2O2/c1-2-3-10-12-6-9-5-4-8(11(14)15)7-13(9)10/h6,8H,2-5,7H2,1H3,(H,14,15). The minimum atomic E-state index is -0.684. The third kappa shape index (κ3) is 1.89. The van der Waals surface area contributed by atoms with E-state index in [9.17, 15) is 4.79 Å². The highest BCUT2D eigenvalue weighted by Gasteiger charge is 2.25. The van der Waals surface area contributed by atoms with E-state index in [0.717, 1.165) is 31.5 Å². The SMILES string of the molecule is CCCc1ncc2n1CC(C(=O)O)CC2. The maximum absolute atomic E-state index is 10.9. The van der Waals surface area contributed by atoms with Gasteiger partial charge in [0.05, 0.1) is 5.92 Å². The Morgan fingerprint density at radius 2 is 2.53 bits per heavy atom. The number of carboxylic acid groups (broad SMARTS) is 1. The zero-order chi connectivity index (χ0) is 10.8. The third-order valence-electron chi connectivity index (χ3n) is 3.00. The van der Waals surface area contributed by atoms with Gasteiger partial charge in [0.1, 0.15) is 5.82 Å². The molecule has 1 atom stereocenters. The molecule has 0 saturated heterocycles. The number of carboxylic acids is 1.